The molecule has 154 valence electrons. The maximum absolute atomic E-state index is 12.7. The summed E-state index contributed by atoms with van der Waals surface area (Å²) < 4.78 is 11.5. The first-order chi connectivity index (χ1) is 14.0. The number of anilines is 2. The van der Waals surface area contributed by atoms with Crippen molar-refractivity contribution >= 4 is 17.4 Å². The van der Waals surface area contributed by atoms with Crippen LogP contribution in [0, 0.1) is 6.92 Å². The molecule has 2 aromatic rings. The van der Waals surface area contributed by atoms with Gasteiger partial charge in [-0.1, -0.05) is 32.0 Å². The number of nitrogens with zero attached hydrogens (tertiary/aromatic N) is 3. The van der Waals surface area contributed by atoms with E-state index in [-0.39, 0.29) is 5.91 Å². The van der Waals surface area contributed by atoms with Gasteiger partial charge in [0.2, 0.25) is 0 Å². The number of aryl methyl sites for hydroxylation is 1. The minimum atomic E-state index is -0.411. The summed E-state index contributed by atoms with van der Waals surface area (Å²) in [6.45, 7) is 9.15. The Hall–Kier alpha value is -2.51. The Balaban J connectivity index is 1.43. The molecule has 2 aliphatic heterocycles. The number of para-hydroxylation sites is 1. The van der Waals surface area contributed by atoms with Crippen LogP contribution in [0.3, 0.4) is 0 Å². The zero-order chi connectivity index (χ0) is 20.4. The molecule has 7 nitrogen and oxygen atoms in total. The Morgan fingerprint density at radius 2 is 1.86 bits per heavy atom. The largest absolute Gasteiger partial charge is 0.355 e. The van der Waals surface area contributed by atoms with E-state index in [1.807, 2.05) is 25.1 Å². The van der Waals surface area contributed by atoms with E-state index in [1.54, 1.807) is 12.4 Å². The number of ether oxygens (including phenoxy) is 2. The first-order valence-electron chi connectivity index (χ1n) is 10.2. The van der Waals surface area contributed by atoms with Crippen molar-refractivity contribution < 1.29 is 14.3 Å². The van der Waals surface area contributed by atoms with Gasteiger partial charge >= 0.3 is 0 Å². The van der Waals surface area contributed by atoms with Gasteiger partial charge in [-0.2, -0.15) is 0 Å². The molecule has 2 fully saturated rings. The lowest BCUT2D eigenvalue weighted by Gasteiger charge is -2.37. The van der Waals surface area contributed by atoms with Crippen LogP contribution < -0.4 is 10.2 Å². The molecular formula is C22H28N4O3. The first-order valence-corrected chi connectivity index (χ1v) is 10.2. The molecule has 3 heterocycles. The van der Waals surface area contributed by atoms with Gasteiger partial charge in [-0.15, -0.1) is 0 Å². The molecule has 4 rings (SSSR count). The van der Waals surface area contributed by atoms with Gasteiger partial charge in [-0.3, -0.25) is 4.79 Å². The van der Waals surface area contributed by atoms with Crippen molar-refractivity contribution in [3.63, 3.8) is 0 Å². The van der Waals surface area contributed by atoms with Crippen molar-refractivity contribution in [3.8, 4) is 0 Å². The van der Waals surface area contributed by atoms with Crippen LogP contribution in [0.25, 0.3) is 0 Å². The lowest BCUT2D eigenvalue weighted by atomic mass is 9.98. The number of rotatable bonds is 4. The van der Waals surface area contributed by atoms with Crippen molar-refractivity contribution in [3.05, 3.63) is 47.4 Å². The molecule has 1 amide bonds. The predicted molar refractivity (Wildman–Crippen MR) is 111 cm³/mol. The summed E-state index contributed by atoms with van der Waals surface area (Å²) in [7, 11) is 0. The monoisotopic (exact) mass is 396 g/mol. The smallest absolute Gasteiger partial charge is 0.275 e. The van der Waals surface area contributed by atoms with E-state index >= 15 is 0 Å². The molecule has 29 heavy (non-hydrogen) atoms. The Labute approximate surface area is 171 Å². The van der Waals surface area contributed by atoms with Gasteiger partial charge in [0.1, 0.15) is 11.5 Å². The van der Waals surface area contributed by atoms with Gasteiger partial charge in [-0.05, 0) is 24.0 Å². The van der Waals surface area contributed by atoms with Gasteiger partial charge < -0.3 is 19.7 Å². The second-order valence-corrected chi connectivity index (χ2v) is 8.00. The Morgan fingerprint density at radius 3 is 2.48 bits per heavy atom. The van der Waals surface area contributed by atoms with E-state index < -0.39 is 5.79 Å². The highest BCUT2D eigenvalue weighted by molar-refractivity contribution is 6.03. The lowest BCUT2D eigenvalue weighted by Crippen LogP contribution is -2.45. The Morgan fingerprint density at radius 1 is 1.14 bits per heavy atom. The SMILES string of the molecule is Cc1cccc(C(C)C)c1NC(=O)c1cnc(N2CCC3(CC2)OCCO3)cn1. The van der Waals surface area contributed by atoms with Gasteiger partial charge in [0.15, 0.2) is 5.79 Å². The average molecular weight is 396 g/mol. The molecule has 0 aliphatic carbocycles. The molecule has 1 aromatic carbocycles. The molecule has 1 N–H and O–H groups in total. The Bertz CT molecular complexity index is 866. The first kappa shape index (κ1) is 19.8. The fourth-order valence-electron chi connectivity index (χ4n) is 3.98. The quantitative estimate of drug-likeness (QED) is 0.852. The summed E-state index contributed by atoms with van der Waals surface area (Å²) in [6, 6.07) is 6.06. The maximum atomic E-state index is 12.7. The van der Waals surface area contributed by atoms with Crippen LogP contribution in [0.4, 0.5) is 11.5 Å². The maximum Gasteiger partial charge on any atom is 0.275 e. The molecule has 2 aliphatic rings. The number of carbonyl (C=O) groups excluding carboxylic acids is 1. The summed E-state index contributed by atoms with van der Waals surface area (Å²) in [5.74, 6) is 0.429. The van der Waals surface area contributed by atoms with Gasteiger partial charge in [-0.25, -0.2) is 9.97 Å². The predicted octanol–water partition coefficient (Wildman–Crippen LogP) is 3.50. The molecule has 0 unspecified atom stereocenters. The van der Waals surface area contributed by atoms with E-state index in [9.17, 15) is 4.79 Å². The minimum absolute atomic E-state index is 0.245. The molecule has 7 heteroatoms. The standard InChI is InChI=1S/C22H28N4O3/c1-15(2)17-6-4-5-16(3)20(17)25-21(27)18-13-24-19(14-23-18)26-9-7-22(8-10-26)28-11-12-29-22/h4-6,13-15H,7-12H2,1-3H3,(H,25,27). The van der Waals surface area contributed by atoms with Crippen molar-refractivity contribution in [1.82, 2.24) is 9.97 Å². The molecule has 0 saturated carbocycles. The van der Waals surface area contributed by atoms with Crippen LogP contribution >= 0.6 is 0 Å². The molecule has 1 spiro atoms. The normalized spacial score (nSPS) is 18.4. The number of amides is 1. The topological polar surface area (TPSA) is 76.6 Å². The highest BCUT2D eigenvalue weighted by Gasteiger charge is 2.40. The van der Waals surface area contributed by atoms with E-state index in [1.165, 1.54) is 0 Å². The summed E-state index contributed by atoms with van der Waals surface area (Å²) in [6.07, 6.45) is 4.83. The minimum Gasteiger partial charge on any atom is -0.355 e. The number of aromatic nitrogens is 2. The summed E-state index contributed by atoms with van der Waals surface area (Å²) in [5.41, 5.74) is 3.31. The van der Waals surface area contributed by atoms with Crippen molar-refractivity contribution in [1.29, 1.82) is 0 Å². The third-order valence-electron chi connectivity index (χ3n) is 5.70. The lowest BCUT2D eigenvalue weighted by molar-refractivity contribution is -0.169. The number of hydrogen-bond acceptors (Lipinski definition) is 6. The van der Waals surface area contributed by atoms with Gasteiger partial charge in [0.05, 0.1) is 25.6 Å². The molecule has 0 radical (unpaired) electrons. The van der Waals surface area contributed by atoms with E-state index in [0.29, 0.717) is 24.8 Å². The molecular weight excluding hydrogens is 368 g/mol. The van der Waals surface area contributed by atoms with Crippen molar-refractivity contribution in [2.45, 2.75) is 45.3 Å². The number of hydrogen-bond donors (Lipinski definition) is 1. The molecule has 0 bridgehead atoms. The van der Waals surface area contributed by atoms with E-state index in [0.717, 1.165) is 48.6 Å². The van der Waals surface area contributed by atoms with E-state index in [4.69, 9.17) is 9.47 Å². The average Bonchev–Trinajstić information content (AvgIpc) is 3.18. The van der Waals surface area contributed by atoms with Crippen LogP contribution in [0.2, 0.25) is 0 Å². The second kappa shape index (κ2) is 8.08. The zero-order valence-electron chi connectivity index (χ0n) is 17.3. The highest BCUT2D eigenvalue weighted by atomic mass is 16.7. The molecule has 0 atom stereocenters. The number of benzene rings is 1. The number of carbonyl (C=O) groups is 1. The molecule has 2 saturated heterocycles. The summed E-state index contributed by atoms with van der Waals surface area (Å²) in [5, 5.41) is 3.02. The highest BCUT2D eigenvalue weighted by Crippen LogP contribution is 2.32. The third kappa shape index (κ3) is 4.11. The second-order valence-electron chi connectivity index (χ2n) is 8.00. The zero-order valence-corrected chi connectivity index (χ0v) is 17.3. The molecule has 1 aromatic heterocycles. The van der Waals surface area contributed by atoms with Gasteiger partial charge in [0, 0.05) is 31.6 Å². The van der Waals surface area contributed by atoms with Crippen LogP contribution in [0.1, 0.15) is 54.2 Å². The van der Waals surface area contributed by atoms with Crippen LogP contribution in [0.15, 0.2) is 30.6 Å². The van der Waals surface area contributed by atoms with Crippen molar-refractivity contribution in [2.24, 2.45) is 0 Å². The fourth-order valence-corrected chi connectivity index (χ4v) is 3.98. The summed E-state index contributed by atoms with van der Waals surface area (Å²) >= 11 is 0. The van der Waals surface area contributed by atoms with Crippen LogP contribution in [-0.4, -0.2) is 48.0 Å². The van der Waals surface area contributed by atoms with Crippen LogP contribution in [-0.2, 0) is 9.47 Å². The number of nitrogens with one attached hydrogen (secondary N) is 1. The summed E-state index contributed by atoms with van der Waals surface area (Å²) in [4.78, 5) is 23.7. The number of piperidine rings is 1. The van der Waals surface area contributed by atoms with E-state index in [2.05, 4.69) is 34.0 Å². The van der Waals surface area contributed by atoms with Crippen molar-refractivity contribution in [2.75, 3.05) is 36.5 Å². The van der Waals surface area contributed by atoms with Crippen LogP contribution in [0.5, 0.6) is 0 Å². The Kier molecular flexibility index (Phi) is 5.52. The van der Waals surface area contributed by atoms with Gasteiger partial charge in [0.25, 0.3) is 5.91 Å². The third-order valence-corrected chi connectivity index (χ3v) is 5.70. The fraction of sp³-hybridized carbons (Fsp3) is 0.500.